The number of hydrogen-bond acceptors (Lipinski definition) is 1. The van der Waals surface area contributed by atoms with Crippen LogP contribution >= 0.6 is 0 Å². The van der Waals surface area contributed by atoms with Crippen molar-refractivity contribution in [1.29, 1.82) is 0 Å². The molecule has 0 aromatic heterocycles. The SMILES string of the molecule is [2H]C1([2H])C2(C3CC4CC(C3)CC2C4)C(C)N(c2ccccc2C)C1(C)C. The number of benzene rings is 1. The summed E-state index contributed by atoms with van der Waals surface area (Å²) in [6, 6.07) is 8.85. The van der Waals surface area contributed by atoms with E-state index in [0.717, 1.165) is 11.8 Å². The van der Waals surface area contributed by atoms with Gasteiger partial charge in [0, 0.05) is 20.0 Å². The summed E-state index contributed by atoms with van der Waals surface area (Å²) >= 11 is 0. The van der Waals surface area contributed by atoms with Crippen molar-refractivity contribution >= 4 is 5.69 Å². The summed E-state index contributed by atoms with van der Waals surface area (Å²) in [5.74, 6) is 2.89. The van der Waals surface area contributed by atoms with Crippen molar-refractivity contribution in [3.63, 3.8) is 0 Å². The molecule has 1 saturated heterocycles. The molecule has 6 rings (SSSR count). The van der Waals surface area contributed by atoms with E-state index in [9.17, 15) is 2.74 Å². The summed E-state index contributed by atoms with van der Waals surface area (Å²) in [6.45, 7) is 8.85. The first-order valence-electron chi connectivity index (χ1n) is 11.1. The Bertz CT molecular complexity index is 709. The third-order valence-corrected chi connectivity index (χ3v) is 8.07. The molecule has 1 aliphatic heterocycles. The molecule has 0 amide bonds. The molecule has 130 valence electrons. The van der Waals surface area contributed by atoms with Crippen molar-refractivity contribution in [2.45, 2.75) is 77.8 Å². The van der Waals surface area contributed by atoms with Gasteiger partial charge in [-0.1, -0.05) is 18.2 Å². The minimum absolute atomic E-state index is 0.188. The van der Waals surface area contributed by atoms with Gasteiger partial charge in [-0.15, -0.1) is 0 Å². The highest BCUT2D eigenvalue weighted by molar-refractivity contribution is 5.58. The van der Waals surface area contributed by atoms with Crippen LogP contribution in [0.25, 0.3) is 0 Å². The lowest BCUT2D eigenvalue weighted by atomic mass is 9.43. The molecule has 1 aromatic carbocycles. The predicted octanol–water partition coefficient (Wildman–Crippen LogP) is 5.81. The second-order valence-corrected chi connectivity index (χ2v) is 9.75. The van der Waals surface area contributed by atoms with E-state index >= 15 is 0 Å². The lowest BCUT2D eigenvalue weighted by molar-refractivity contribution is -0.113. The molecule has 5 aliphatic rings. The number of nitrogens with zero attached hydrogens (tertiary/aromatic N) is 1. The summed E-state index contributed by atoms with van der Waals surface area (Å²) in [5.41, 5.74) is 1.82. The average molecular weight is 326 g/mol. The molecule has 1 heterocycles. The van der Waals surface area contributed by atoms with Gasteiger partial charge in [-0.05, 0) is 107 Å². The maximum absolute atomic E-state index is 9.52. The van der Waals surface area contributed by atoms with Gasteiger partial charge < -0.3 is 4.90 Å². The zero-order chi connectivity index (χ0) is 18.5. The van der Waals surface area contributed by atoms with Crippen LogP contribution in [0.15, 0.2) is 24.3 Å². The predicted molar refractivity (Wildman–Crippen MR) is 101 cm³/mol. The molecule has 0 N–H and O–H groups in total. The van der Waals surface area contributed by atoms with Crippen LogP contribution in [-0.4, -0.2) is 11.6 Å². The molecular weight excluding hydrogens is 290 g/mol. The van der Waals surface area contributed by atoms with E-state index in [1.165, 1.54) is 43.4 Å². The largest absolute Gasteiger partial charge is 0.363 e. The second kappa shape index (κ2) is 4.80. The average Bonchev–Trinajstić information content (AvgIpc) is 2.67. The van der Waals surface area contributed by atoms with Gasteiger partial charge >= 0.3 is 0 Å². The highest BCUT2D eigenvalue weighted by Gasteiger charge is 2.65. The molecule has 0 radical (unpaired) electrons. The first kappa shape index (κ1) is 13.3. The Morgan fingerprint density at radius 3 is 2.17 bits per heavy atom. The van der Waals surface area contributed by atoms with E-state index in [4.69, 9.17) is 0 Å². The second-order valence-electron chi connectivity index (χ2n) is 9.75. The molecule has 1 unspecified atom stereocenters. The minimum atomic E-state index is -1.18. The number of aryl methyl sites for hydroxylation is 1. The van der Waals surface area contributed by atoms with E-state index < -0.39 is 11.9 Å². The Labute approximate surface area is 150 Å². The van der Waals surface area contributed by atoms with Crippen molar-refractivity contribution in [1.82, 2.24) is 0 Å². The van der Waals surface area contributed by atoms with Gasteiger partial charge in [0.15, 0.2) is 0 Å². The van der Waals surface area contributed by atoms with Crippen molar-refractivity contribution in [3.05, 3.63) is 29.8 Å². The maximum atomic E-state index is 9.52. The third-order valence-electron chi connectivity index (χ3n) is 8.07. The molecule has 24 heavy (non-hydrogen) atoms. The van der Waals surface area contributed by atoms with Crippen molar-refractivity contribution in [2.24, 2.45) is 29.1 Å². The monoisotopic (exact) mass is 325 g/mol. The molecule has 1 heteroatoms. The summed E-state index contributed by atoms with van der Waals surface area (Å²) < 4.78 is 19.0. The fraction of sp³-hybridized carbons (Fsp3) is 0.739. The van der Waals surface area contributed by atoms with Gasteiger partial charge in [-0.3, -0.25) is 0 Å². The molecule has 1 spiro atoms. The number of anilines is 1. The van der Waals surface area contributed by atoms with E-state index in [-0.39, 0.29) is 11.5 Å². The van der Waals surface area contributed by atoms with Crippen LogP contribution in [0.1, 0.15) is 67.6 Å². The number of para-hydroxylation sites is 1. The zero-order valence-electron chi connectivity index (χ0n) is 17.7. The fourth-order valence-electron chi connectivity index (χ4n) is 7.59. The topological polar surface area (TPSA) is 3.24 Å². The van der Waals surface area contributed by atoms with Crippen LogP contribution in [0.2, 0.25) is 0 Å². The molecule has 5 fully saturated rings. The van der Waals surface area contributed by atoms with E-state index in [1.54, 1.807) is 0 Å². The number of rotatable bonds is 1. The Morgan fingerprint density at radius 2 is 1.58 bits per heavy atom. The van der Waals surface area contributed by atoms with Gasteiger partial charge in [0.05, 0.1) is 0 Å². The summed E-state index contributed by atoms with van der Waals surface area (Å²) in [6.07, 6.45) is 5.34. The van der Waals surface area contributed by atoms with E-state index in [2.05, 4.69) is 56.9 Å². The van der Waals surface area contributed by atoms with E-state index in [1.807, 2.05) is 0 Å². The maximum Gasteiger partial charge on any atom is 0.0402 e. The Morgan fingerprint density at radius 1 is 1.00 bits per heavy atom. The normalized spacial score (nSPS) is 48.7. The molecule has 4 aliphatic carbocycles. The van der Waals surface area contributed by atoms with Crippen LogP contribution in [0.3, 0.4) is 0 Å². The molecule has 4 saturated carbocycles. The van der Waals surface area contributed by atoms with Gasteiger partial charge in [0.2, 0.25) is 0 Å². The highest BCUT2D eigenvalue weighted by Crippen LogP contribution is 2.69. The van der Waals surface area contributed by atoms with Gasteiger partial charge in [0.1, 0.15) is 0 Å². The lowest BCUT2D eigenvalue weighted by Crippen LogP contribution is -2.57. The molecule has 4 bridgehead atoms. The van der Waals surface area contributed by atoms with Crippen LogP contribution < -0.4 is 4.90 Å². The highest BCUT2D eigenvalue weighted by atomic mass is 15.3. The molecule has 1 nitrogen and oxygen atoms in total. The van der Waals surface area contributed by atoms with E-state index in [0.29, 0.717) is 11.8 Å². The Hall–Kier alpha value is -0.980. The lowest BCUT2D eigenvalue weighted by Gasteiger charge is -2.62. The van der Waals surface area contributed by atoms with Gasteiger partial charge in [0.25, 0.3) is 0 Å². The quantitative estimate of drug-likeness (QED) is 0.629. The number of hydrogen-bond donors (Lipinski definition) is 0. The van der Waals surface area contributed by atoms with Crippen molar-refractivity contribution < 1.29 is 2.74 Å². The van der Waals surface area contributed by atoms with Crippen molar-refractivity contribution in [3.8, 4) is 0 Å². The third kappa shape index (κ3) is 1.82. The fourth-order valence-corrected chi connectivity index (χ4v) is 7.59. The van der Waals surface area contributed by atoms with Crippen molar-refractivity contribution in [2.75, 3.05) is 4.90 Å². The smallest absolute Gasteiger partial charge is 0.0402 e. The van der Waals surface area contributed by atoms with Crippen LogP contribution in [0, 0.1) is 36.0 Å². The zero-order valence-corrected chi connectivity index (χ0v) is 15.7. The Kier molecular flexibility index (Phi) is 2.65. The standard InChI is InChI=1S/C23H33N/c1-15-7-5-6-8-21(15)24-16(2)23(14-22(24,3)4)19-10-17-9-18(12-19)13-20(23)11-17/h5-8,16-20H,9-14H2,1-4H3/i14D2. The summed E-state index contributed by atoms with van der Waals surface area (Å²) in [5, 5.41) is 0. The van der Waals surface area contributed by atoms with Crippen LogP contribution in [0.4, 0.5) is 5.69 Å². The van der Waals surface area contributed by atoms with Gasteiger partial charge in [-0.2, -0.15) is 0 Å². The molecular formula is C23H33N. The first-order chi connectivity index (χ1) is 12.2. The first-order valence-corrected chi connectivity index (χ1v) is 10.1. The molecule has 1 atom stereocenters. The Balaban J connectivity index is 1.69. The summed E-state index contributed by atoms with van der Waals surface area (Å²) in [7, 11) is 0. The van der Waals surface area contributed by atoms with Crippen LogP contribution in [0.5, 0.6) is 0 Å². The van der Waals surface area contributed by atoms with Gasteiger partial charge in [-0.25, -0.2) is 0 Å². The van der Waals surface area contributed by atoms with Crippen LogP contribution in [-0.2, 0) is 0 Å². The summed E-state index contributed by atoms with van der Waals surface area (Å²) in [4.78, 5) is 2.48. The molecule has 1 aromatic rings. The minimum Gasteiger partial charge on any atom is -0.363 e.